The van der Waals surface area contributed by atoms with Crippen LogP contribution >= 0.6 is 0 Å². The highest BCUT2D eigenvalue weighted by Gasteiger charge is 2.52. The van der Waals surface area contributed by atoms with E-state index >= 15 is 0 Å². The van der Waals surface area contributed by atoms with E-state index in [2.05, 4.69) is 0 Å². The van der Waals surface area contributed by atoms with Crippen LogP contribution in [0.3, 0.4) is 0 Å². The van der Waals surface area contributed by atoms with Gasteiger partial charge < -0.3 is 13.3 Å². The van der Waals surface area contributed by atoms with E-state index in [1.54, 1.807) is 0 Å². The molecule has 0 aromatic heterocycles. The molecule has 150 valence electrons. The van der Waals surface area contributed by atoms with E-state index < -0.39 is 44.2 Å². The minimum atomic E-state index is -4.17. The van der Waals surface area contributed by atoms with E-state index in [1.807, 2.05) is 0 Å². The molecule has 27 heavy (non-hydrogen) atoms. The molecule has 0 amide bonds. The Hall–Kier alpha value is -2.36. The van der Waals surface area contributed by atoms with E-state index in [-0.39, 0.29) is 37.3 Å². The Balaban J connectivity index is 3.17. The Labute approximate surface area is 156 Å². The molecular weight excluding hydrogens is 385 g/mol. The Morgan fingerprint density at radius 2 is 1.19 bits per heavy atom. The Morgan fingerprint density at radius 1 is 0.815 bits per heavy atom. The second-order valence-corrected chi connectivity index (χ2v) is 8.02. The molecule has 1 aromatic rings. The van der Waals surface area contributed by atoms with Crippen LogP contribution < -0.4 is 0 Å². The molecule has 0 aliphatic heterocycles. The van der Waals surface area contributed by atoms with E-state index in [4.69, 9.17) is 13.3 Å². The van der Waals surface area contributed by atoms with Crippen LogP contribution in [0, 0.1) is 17.5 Å². The topological polar surface area (TPSA) is 78.9 Å². The predicted molar refractivity (Wildman–Crippen MR) is 89.7 cm³/mol. The number of carbonyl (C=O) groups is 3. The van der Waals surface area contributed by atoms with E-state index in [0.717, 1.165) is 12.1 Å². The summed E-state index contributed by atoms with van der Waals surface area (Å²) in [6.07, 6.45) is -0.378. The van der Waals surface area contributed by atoms with Gasteiger partial charge in [-0.25, -0.2) is 13.2 Å². The number of halogens is 3. The number of benzene rings is 1. The van der Waals surface area contributed by atoms with Gasteiger partial charge in [-0.2, -0.15) is 0 Å². The maximum atomic E-state index is 13.4. The van der Waals surface area contributed by atoms with Crippen LogP contribution in [0.1, 0.15) is 45.6 Å². The van der Waals surface area contributed by atoms with Crippen LogP contribution in [0.5, 0.6) is 0 Å². The Morgan fingerprint density at radius 3 is 1.52 bits per heavy atom. The highest BCUT2D eigenvalue weighted by atomic mass is 28.4. The average molecular weight is 406 g/mol. The van der Waals surface area contributed by atoms with Crippen molar-refractivity contribution >= 4 is 26.7 Å². The van der Waals surface area contributed by atoms with Crippen molar-refractivity contribution in [2.75, 3.05) is 0 Å². The maximum Gasteiger partial charge on any atom is 0.705 e. The third-order valence-electron chi connectivity index (χ3n) is 3.44. The summed E-state index contributed by atoms with van der Waals surface area (Å²) in [4.78, 5) is 35.4. The van der Waals surface area contributed by atoms with Gasteiger partial charge in [-0.1, -0.05) is 20.8 Å². The molecule has 0 saturated heterocycles. The molecule has 0 saturated carbocycles. The molecule has 0 heterocycles. The summed E-state index contributed by atoms with van der Waals surface area (Å²) in [5.41, 5.74) is 0.0240. The van der Waals surface area contributed by atoms with Crippen LogP contribution in [-0.2, 0) is 34.1 Å². The van der Waals surface area contributed by atoms with Crippen molar-refractivity contribution in [1.82, 2.24) is 0 Å². The van der Waals surface area contributed by atoms with Gasteiger partial charge in [0, 0.05) is 19.3 Å². The molecule has 1 aromatic carbocycles. The minimum absolute atomic E-state index is 0.0240. The molecule has 0 aliphatic rings. The van der Waals surface area contributed by atoms with Gasteiger partial charge in [0.25, 0.3) is 17.9 Å². The van der Waals surface area contributed by atoms with Crippen molar-refractivity contribution in [1.29, 1.82) is 0 Å². The lowest BCUT2D eigenvalue weighted by atomic mass is 10.1. The summed E-state index contributed by atoms with van der Waals surface area (Å²) in [6, 6.07) is 1.24. The first-order valence-electron chi connectivity index (χ1n) is 8.45. The zero-order chi connectivity index (χ0) is 20.6. The van der Waals surface area contributed by atoms with Crippen LogP contribution in [0.2, 0.25) is 6.04 Å². The van der Waals surface area contributed by atoms with Crippen LogP contribution in [0.15, 0.2) is 12.1 Å². The minimum Gasteiger partial charge on any atom is -0.455 e. The number of hydrogen-bond acceptors (Lipinski definition) is 6. The van der Waals surface area contributed by atoms with Gasteiger partial charge in [-0.3, -0.25) is 14.4 Å². The SMILES string of the molecule is CCC(=O)O[Si](CCc1cc(F)c(F)c(F)c1)(OC(=O)CC)OC(=O)CC. The lowest BCUT2D eigenvalue weighted by Gasteiger charge is -2.27. The molecule has 10 heteroatoms. The summed E-state index contributed by atoms with van der Waals surface area (Å²) < 4.78 is 55.4. The fraction of sp³-hybridized carbons (Fsp3) is 0.471. The zero-order valence-corrected chi connectivity index (χ0v) is 16.3. The molecule has 0 atom stereocenters. The zero-order valence-electron chi connectivity index (χ0n) is 15.3. The second kappa shape index (κ2) is 10.1. The van der Waals surface area contributed by atoms with Crippen LogP contribution in [0.4, 0.5) is 13.2 Å². The third kappa shape index (κ3) is 6.70. The molecule has 0 N–H and O–H groups in total. The first kappa shape index (κ1) is 22.7. The first-order valence-corrected chi connectivity index (χ1v) is 10.4. The molecule has 0 unspecified atom stereocenters. The monoisotopic (exact) mass is 406 g/mol. The van der Waals surface area contributed by atoms with Crippen molar-refractivity contribution < 1.29 is 40.8 Å². The Bertz CT molecular complexity index is 641. The lowest BCUT2D eigenvalue weighted by molar-refractivity contribution is -0.150. The fourth-order valence-electron chi connectivity index (χ4n) is 2.00. The van der Waals surface area contributed by atoms with Gasteiger partial charge in [0.15, 0.2) is 17.5 Å². The van der Waals surface area contributed by atoms with Gasteiger partial charge in [0.1, 0.15) is 0 Å². The lowest BCUT2D eigenvalue weighted by Crippen LogP contribution is -2.50. The van der Waals surface area contributed by atoms with Crippen LogP contribution in [-0.4, -0.2) is 26.7 Å². The molecule has 6 nitrogen and oxygen atoms in total. The molecule has 0 aliphatic carbocycles. The fourth-order valence-corrected chi connectivity index (χ4v) is 4.50. The van der Waals surface area contributed by atoms with E-state index in [0.29, 0.717) is 0 Å². The van der Waals surface area contributed by atoms with Crippen molar-refractivity contribution in [3.05, 3.63) is 35.1 Å². The summed E-state index contributed by atoms with van der Waals surface area (Å²) in [6.45, 7) is 4.49. The largest absolute Gasteiger partial charge is 0.705 e. The van der Waals surface area contributed by atoms with Gasteiger partial charge >= 0.3 is 8.80 Å². The summed E-state index contributed by atoms with van der Waals surface area (Å²) >= 11 is 0. The average Bonchev–Trinajstić information content (AvgIpc) is 2.63. The molecular formula is C17H21F3O6Si. The first-order chi connectivity index (χ1) is 12.7. The van der Waals surface area contributed by atoms with Crippen molar-refractivity contribution in [2.24, 2.45) is 0 Å². The van der Waals surface area contributed by atoms with Gasteiger partial charge in [0.05, 0.1) is 6.04 Å². The number of carbonyl (C=O) groups excluding carboxylic acids is 3. The maximum absolute atomic E-state index is 13.4. The second-order valence-electron chi connectivity index (χ2n) is 5.54. The Kier molecular flexibility index (Phi) is 8.48. The predicted octanol–water partition coefficient (Wildman–Crippen LogP) is 3.44. The van der Waals surface area contributed by atoms with Gasteiger partial charge in [-0.15, -0.1) is 0 Å². The smallest absolute Gasteiger partial charge is 0.455 e. The highest BCUT2D eigenvalue weighted by molar-refractivity contribution is 6.65. The van der Waals surface area contributed by atoms with E-state index in [9.17, 15) is 27.6 Å². The molecule has 0 spiro atoms. The van der Waals surface area contributed by atoms with Crippen LogP contribution in [0.25, 0.3) is 0 Å². The standard InChI is InChI=1S/C17H21F3O6Si/c1-4-14(21)24-27(25-15(22)5-2,26-16(23)6-3)8-7-11-9-12(18)17(20)13(19)10-11/h9-10H,4-8H2,1-3H3. The van der Waals surface area contributed by atoms with Crippen molar-refractivity contribution in [3.63, 3.8) is 0 Å². The summed E-state index contributed by atoms with van der Waals surface area (Å²) in [7, 11) is -4.17. The normalized spacial score (nSPS) is 11.0. The molecule has 0 radical (unpaired) electrons. The molecule has 0 bridgehead atoms. The summed E-state index contributed by atoms with van der Waals surface area (Å²) in [5.74, 6) is -6.67. The highest BCUT2D eigenvalue weighted by Crippen LogP contribution is 2.23. The van der Waals surface area contributed by atoms with Crippen molar-refractivity contribution in [3.8, 4) is 0 Å². The number of hydrogen-bond donors (Lipinski definition) is 0. The van der Waals surface area contributed by atoms with Gasteiger partial charge in [-0.05, 0) is 24.1 Å². The van der Waals surface area contributed by atoms with Gasteiger partial charge in [0.2, 0.25) is 0 Å². The van der Waals surface area contributed by atoms with E-state index in [1.165, 1.54) is 20.8 Å². The quantitative estimate of drug-likeness (QED) is 0.462. The number of rotatable bonds is 9. The van der Waals surface area contributed by atoms with Crippen molar-refractivity contribution in [2.45, 2.75) is 52.5 Å². The molecule has 0 fully saturated rings. The summed E-state index contributed by atoms with van der Waals surface area (Å²) in [5, 5.41) is 0. The third-order valence-corrected chi connectivity index (χ3v) is 5.92. The molecule has 1 rings (SSSR count). The number of aryl methyl sites for hydroxylation is 1.